The smallest absolute Gasteiger partial charge is 0.0426 e. The van der Waals surface area contributed by atoms with Gasteiger partial charge in [0, 0.05) is 36.9 Å². The average molecular weight is 315 g/mol. The van der Waals surface area contributed by atoms with Crippen molar-refractivity contribution in [1.29, 1.82) is 0 Å². The Morgan fingerprint density at radius 2 is 1.64 bits per heavy atom. The molecule has 0 radical (unpaired) electrons. The third kappa shape index (κ3) is 4.25. The molecule has 0 N–H and O–H groups in total. The Morgan fingerprint density at radius 1 is 0.864 bits per heavy atom. The van der Waals surface area contributed by atoms with E-state index in [1.54, 1.807) is 0 Å². The summed E-state index contributed by atoms with van der Waals surface area (Å²) in [5, 5.41) is 0.822. The minimum absolute atomic E-state index is 0.822. The number of nitrogens with zero attached hydrogens (tertiary/aromatic N) is 2. The maximum atomic E-state index is 6.08. The summed E-state index contributed by atoms with van der Waals surface area (Å²) in [5.74, 6) is 0. The molecule has 1 aliphatic heterocycles. The third-order valence-corrected chi connectivity index (χ3v) is 4.56. The number of piperazine rings is 1. The molecular formula is C19H23ClN2. The highest BCUT2D eigenvalue weighted by molar-refractivity contribution is 6.30. The molecule has 0 spiro atoms. The number of halogens is 1. The van der Waals surface area contributed by atoms with E-state index in [2.05, 4.69) is 52.3 Å². The Bertz CT molecular complexity index is 577. The maximum absolute atomic E-state index is 6.08. The standard InChI is InChI=1S/C19H23ClN2/c20-18-9-4-10-19(16-18)22-14-12-21(13-15-22)11-5-8-17-6-2-1-3-7-17/h1-4,6-7,9-10,16H,5,8,11-15H2. The second-order valence-corrected chi connectivity index (χ2v) is 6.33. The zero-order valence-electron chi connectivity index (χ0n) is 12.9. The first-order valence-electron chi connectivity index (χ1n) is 8.08. The van der Waals surface area contributed by atoms with Crippen LogP contribution < -0.4 is 4.90 Å². The molecule has 2 aromatic carbocycles. The molecule has 0 atom stereocenters. The first-order valence-corrected chi connectivity index (χ1v) is 8.46. The molecule has 3 rings (SSSR count). The van der Waals surface area contributed by atoms with Gasteiger partial charge in [-0.05, 0) is 43.1 Å². The van der Waals surface area contributed by atoms with E-state index in [9.17, 15) is 0 Å². The van der Waals surface area contributed by atoms with Gasteiger partial charge >= 0.3 is 0 Å². The summed E-state index contributed by atoms with van der Waals surface area (Å²) < 4.78 is 0. The zero-order chi connectivity index (χ0) is 15.2. The largest absolute Gasteiger partial charge is 0.369 e. The SMILES string of the molecule is Clc1cccc(N2CCN(CCCc3ccccc3)CC2)c1. The van der Waals surface area contributed by atoms with Crippen LogP contribution in [0.4, 0.5) is 5.69 Å². The fourth-order valence-electron chi connectivity index (χ4n) is 3.05. The molecular weight excluding hydrogens is 292 g/mol. The van der Waals surface area contributed by atoms with E-state index in [1.165, 1.54) is 30.6 Å². The minimum Gasteiger partial charge on any atom is -0.369 e. The Hall–Kier alpha value is -1.51. The maximum Gasteiger partial charge on any atom is 0.0426 e. The lowest BCUT2D eigenvalue weighted by atomic mass is 10.1. The van der Waals surface area contributed by atoms with E-state index in [0.29, 0.717) is 0 Å². The second-order valence-electron chi connectivity index (χ2n) is 5.90. The lowest BCUT2D eigenvalue weighted by Crippen LogP contribution is -2.46. The van der Waals surface area contributed by atoms with Gasteiger partial charge in [-0.15, -0.1) is 0 Å². The molecule has 3 heteroatoms. The molecule has 1 saturated heterocycles. The van der Waals surface area contributed by atoms with Crippen LogP contribution in [-0.2, 0) is 6.42 Å². The molecule has 1 heterocycles. The number of hydrogen-bond acceptors (Lipinski definition) is 2. The molecule has 1 fully saturated rings. The van der Waals surface area contributed by atoms with Crippen molar-refractivity contribution >= 4 is 17.3 Å². The van der Waals surface area contributed by atoms with Crippen LogP contribution in [0, 0.1) is 0 Å². The van der Waals surface area contributed by atoms with Crippen LogP contribution in [0.3, 0.4) is 0 Å². The summed E-state index contributed by atoms with van der Waals surface area (Å²) in [5.41, 5.74) is 2.69. The van der Waals surface area contributed by atoms with E-state index in [1.807, 2.05) is 12.1 Å². The van der Waals surface area contributed by atoms with Gasteiger partial charge in [0.2, 0.25) is 0 Å². The van der Waals surface area contributed by atoms with E-state index in [-0.39, 0.29) is 0 Å². The molecule has 0 amide bonds. The topological polar surface area (TPSA) is 6.48 Å². The van der Waals surface area contributed by atoms with Gasteiger partial charge in [-0.3, -0.25) is 4.90 Å². The predicted octanol–water partition coefficient (Wildman–Crippen LogP) is 4.09. The normalized spacial score (nSPS) is 16.0. The molecule has 1 aliphatic rings. The van der Waals surface area contributed by atoms with Crippen LogP contribution in [0.15, 0.2) is 54.6 Å². The van der Waals surface area contributed by atoms with Gasteiger partial charge in [0.1, 0.15) is 0 Å². The highest BCUT2D eigenvalue weighted by Gasteiger charge is 2.16. The summed E-state index contributed by atoms with van der Waals surface area (Å²) in [7, 11) is 0. The Balaban J connectivity index is 1.42. The van der Waals surface area contributed by atoms with Crippen LogP contribution in [0.1, 0.15) is 12.0 Å². The van der Waals surface area contributed by atoms with Gasteiger partial charge in [-0.2, -0.15) is 0 Å². The number of aryl methyl sites for hydroxylation is 1. The van der Waals surface area contributed by atoms with Gasteiger partial charge in [0.25, 0.3) is 0 Å². The number of benzene rings is 2. The molecule has 0 saturated carbocycles. The molecule has 0 bridgehead atoms. The Kier molecular flexibility index (Phi) is 5.36. The van der Waals surface area contributed by atoms with Gasteiger partial charge in [0.05, 0.1) is 0 Å². The molecule has 2 nitrogen and oxygen atoms in total. The van der Waals surface area contributed by atoms with E-state index in [0.717, 1.165) is 31.2 Å². The fourth-order valence-corrected chi connectivity index (χ4v) is 3.24. The Morgan fingerprint density at radius 3 is 2.36 bits per heavy atom. The molecule has 2 aromatic rings. The summed E-state index contributed by atoms with van der Waals surface area (Å²) >= 11 is 6.08. The molecule has 22 heavy (non-hydrogen) atoms. The Labute approximate surface area is 138 Å². The average Bonchev–Trinajstić information content (AvgIpc) is 2.56. The highest BCUT2D eigenvalue weighted by Crippen LogP contribution is 2.20. The van der Waals surface area contributed by atoms with Crippen molar-refractivity contribution in [2.45, 2.75) is 12.8 Å². The molecule has 0 aliphatic carbocycles. The number of hydrogen-bond donors (Lipinski definition) is 0. The molecule has 116 valence electrons. The van der Waals surface area contributed by atoms with Crippen LogP contribution in [0.25, 0.3) is 0 Å². The van der Waals surface area contributed by atoms with E-state index >= 15 is 0 Å². The summed E-state index contributed by atoms with van der Waals surface area (Å²) in [4.78, 5) is 5.00. The van der Waals surface area contributed by atoms with Gasteiger partial charge in [-0.1, -0.05) is 48.0 Å². The number of rotatable bonds is 5. The fraction of sp³-hybridized carbons (Fsp3) is 0.368. The summed E-state index contributed by atoms with van der Waals surface area (Å²) in [6, 6.07) is 18.9. The molecule has 0 aromatic heterocycles. The van der Waals surface area contributed by atoms with Crippen LogP contribution >= 0.6 is 11.6 Å². The van der Waals surface area contributed by atoms with Crippen molar-refractivity contribution in [3.8, 4) is 0 Å². The predicted molar refractivity (Wildman–Crippen MR) is 94.9 cm³/mol. The number of anilines is 1. The summed E-state index contributed by atoms with van der Waals surface area (Å²) in [6.45, 7) is 5.65. The van der Waals surface area contributed by atoms with Gasteiger partial charge in [0.15, 0.2) is 0 Å². The van der Waals surface area contributed by atoms with Crippen molar-refractivity contribution in [3.63, 3.8) is 0 Å². The third-order valence-electron chi connectivity index (χ3n) is 4.33. The quantitative estimate of drug-likeness (QED) is 0.820. The van der Waals surface area contributed by atoms with E-state index < -0.39 is 0 Å². The van der Waals surface area contributed by atoms with Crippen molar-refractivity contribution < 1.29 is 0 Å². The van der Waals surface area contributed by atoms with Gasteiger partial charge < -0.3 is 4.90 Å². The van der Waals surface area contributed by atoms with Crippen molar-refractivity contribution in [3.05, 3.63) is 65.2 Å². The highest BCUT2D eigenvalue weighted by atomic mass is 35.5. The van der Waals surface area contributed by atoms with Crippen molar-refractivity contribution in [1.82, 2.24) is 4.90 Å². The monoisotopic (exact) mass is 314 g/mol. The zero-order valence-corrected chi connectivity index (χ0v) is 13.7. The summed E-state index contributed by atoms with van der Waals surface area (Å²) in [6.07, 6.45) is 2.41. The first kappa shape index (κ1) is 15.4. The van der Waals surface area contributed by atoms with Crippen LogP contribution in [0.2, 0.25) is 5.02 Å². The second kappa shape index (κ2) is 7.66. The lowest BCUT2D eigenvalue weighted by molar-refractivity contribution is 0.255. The minimum atomic E-state index is 0.822. The van der Waals surface area contributed by atoms with Crippen molar-refractivity contribution in [2.75, 3.05) is 37.6 Å². The van der Waals surface area contributed by atoms with Crippen LogP contribution in [0.5, 0.6) is 0 Å². The first-order chi connectivity index (χ1) is 10.8. The lowest BCUT2D eigenvalue weighted by Gasteiger charge is -2.36. The van der Waals surface area contributed by atoms with Gasteiger partial charge in [-0.25, -0.2) is 0 Å². The molecule has 0 unspecified atom stereocenters. The van der Waals surface area contributed by atoms with Crippen molar-refractivity contribution in [2.24, 2.45) is 0 Å². The van der Waals surface area contributed by atoms with E-state index in [4.69, 9.17) is 11.6 Å². The van der Waals surface area contributed by atoms with Crippen LogP contribution in [-0.4, -0.2) is 37.6 Å².